The Bertz CT molecular complexity index is 1080. The molecule has 0 aliphatic carbocycles. The van der Waals surface area contributed by atoms with E-state index >= 15 is 0 Å². The average Bonchev–Trinajstić information content (AvgIpc) is 3.41. The van der Waals surface area contributed by atoms with Crippen molar-refractivity contribution in [2.75, 3.05) is 27.4 Å². The number of ether oxygens (including phenoxy) is 3. The molecular formula is C24H24BrNO6. The summed E-state index contributed by atoms with van der Waals surface area (Å²) in [6.45, 7) is 0.911. The van der Waals surface area contributed by atoms with Crippen LogP contribution in [0.15, 0.2) is 52.5 Å². The first-order valence-corrected chi connectivity index (χ1v) is 11.1. The molecule has 4 rings (SSSR count). The quantitative estimate of drug-likeness (QED) is 0.364. The van der Waals surface area contributed by atoms with Gasteiger partial charge in [-0.05, 0) is 64.7 Å². The molecule has 0 saturated carbocycles. The van der Waals surface area contributed by atoms with Crippen LogP contribution in [0.5, 0.6) is 11.5 Å². The maximum Gasteiger partial charge on any atom is 0.295 e. The van der Waals surface area contributed by atoms with Crippen molar-refractivity contribution < 1.29 is 28.9 Å². The third kappa shape index (κ3) is 4.12. The van der Waals surface area contributed by atoms with Gasteiger partial charge in [0.1, 0.15) is 17.3 Å². The van der Waals surface area contributed by atoms with Gasteiger partial charge < -0.3 is 24.2 Å². The van der Waals surface area contributed by atoms with E-state index in [4.69, 9.17) is 14.2 Å². The zero-order valence-corrected chi connectivity index (χ0v) is 19.4. The van der Waals surface area contributed by atoms with E-state index in [9.17, 15) is 14.7 Å². The van der Waals surface area contributed by atoms with E-state index in [-0.39, 0.29) is 24.0 Å². The van der Waals surface area contributed by atoms with Crippen LogP contribution in [0.25, 0.3) is 5.76 Å². The van der Waals surface area contributed by atoms with Gasteiger partial charge in [-0.15, -0.1) is 0 Å². The summed E-state index contributed by atoms with van der Waals surface area (Å²) in [5, 5.41) is 11.2. The Morgan fingerprint density at radius 3 is 2.66 bits per heavy atom. The van der Waals surface area contributed by atoms with Crippen molar-refractivity contribution in [2.45, 2.75) is 25.0 Å². The van der Waals surface area contributed by atoms with Crippen LogP contribution in [0.2, 0.25) is 0 Å². The third-order valence-corrected chi connectivity index (χ3v) is 6.42. The SMILES string of the molecule is COc1cccc(C2/C(=C(/O)c3ccc(OC)c(Br)c3)C(=O)C(=O)N2CC2CCCO2)c1. The number of methoxy groups -OCH3 is 2. The highest BCUT2D eigenvalue weighted by Gasteiger charge is 2.47. The van der Waals surface area contributed by atoms with Crippen LogP contribution in [0.4, 0.5) is 0 Å². The zero-order valence-electron chi connectivity index (χ0n) is 17.8. The molecule has 168 valence electrons. The second-order valence-corrected chi connectivity index (χ2v) is 8.57. The van der Waals surface area contributed by atoms with Gasteiger partial charge in [0.25, 0.3) is 11.7 Å². The van der Waals surface area contributed by atoms with E-state index in [0.717, 1.165) is 12.8 Å². The summed E-state index contributed by atoms with van der Waals surface area (Å²) in [4.78, 5) is 27.7. The summed E-state index contributed by atoms with van der Waals surface area (Å²) >= 11 is 3.41. The van der Waals surface area contributed by atoms with E-state index in [2.05, 4.69) is 15.9 Å². The molecule has 1 amide bonds. The number of benzene rings is 2. The van der Waals surface area contributed by atoms with E-state index in [1.165, 1.54) is 4.90 Å². The molecule has 2 saturated heterocycles. The average molecular weight is 502 g/mol. The van der Waals surface area contributed by atoms with Crippen molar-refractivity contribution in [3.05, 3.63) is 63.6 Å². The minimum absolute atomic E-state index is 0.0401. The van der Waals surface area contributed by atoms with Crippen molar-refractivity contribution in [1.29, 1.82) is 0 Å². The van der Waals surface area contributed by atoms with Crippen LogP contribution in [0.3, 0.4) is 0 Å². The monoisotopic (exact) mass is 501 g/mol. The number of likely N-dealkylation sites (tertiary alicyclic amines) is 1. The maximum atomic E-state index is 13.1. The highest BCUT2D eigenvalue weighted by atomic mass is 79.9. The normalized spacial score (nSPS) is 22.4. The van der Waals surface area contributed by atoms with Crippen LogP contribution >= 0.6 is 15.9 Å². The smallest absolute Gasteiger partial charge is 0.295 e. The number of carbonyl (C=O) groups excluding carboxylic acids is 2. The molecule has 2 atom stereocenters. The van der Waals surface area contributed by atoms with E-state index in [0.29, 0.717) is 33.7 Å². The lowest BCUT2D eigenvalue weighted by Gasteiger charge is -2.27. The molecule has 2 aromatic carbocycles. The largest absolute Gasteiger partial charge is 0.507 e. The number of Topliss-reactive ketones (excluding diaryl/α,β-unsaturated/α-hetero) is 1. The lowest BCUT2D eigenvalue weighted by Crippen LogP contribution is -2.36. The van der Waals surface area contributed by atoms with Gasteiger partial charge in [-0.25, -0.2) is 0 Å². The minimum Gasteiger partial charge on any atom is -0.507 e. The van der Waals surface area contributed by atoms with Crippen molar-refractivity contribution >= 4 is 33.4 Å². The van der Waals surface area contributed by atoms with Gasteiger partial charge >= 0.3 is 0 Å². The molecule has 2 aromatic rings. The highest BCUT2D eigenvalue weighted by molar-refractivity contribution is 9.10. The molecule has 0 aromatic heterocycles. The fourth-order valence-corrected chi connectivity index (χ4v) is 4.74. The number of halogens is 1. The summed E-state index contributed by atoms with van der Waals surface area (Å²) in [6.07, 6.45) is 1.59. The number of amides is 1. The van der Waals surface area contributed by atoms with Gasteiger partial charge in [-0.1, -0.05) is 12.1 Å². The summed E-state index contributed by atoms with van der Waals surface area (Å²) in [6, 6.07) is 11.4. The molecule has 32 heavy (non-hydrogen) atoms. The van der Waals surface area contributed by atoms with Gasteiger partial charge in [-0.2, -0.15) is 0 Å². The fraction of sp³-hybridized carbons (Fsp3) is 0.333. The molecule has 8 heteroatoms. The molecule has 0 spiro atoms. The zero-order chi connectivity index (χ0) is 22.8. The predicted molar refractivity (Wildman–Crippen MR) is 122 cm³/mol. The van der Waals surface area contributed by atoms with Gasteiger partial charge in [0.15, 0.2) is 0 Å². The Kier molecular flexibility index (Phi) is 6.53. The van der Waals surface area contributed by atoms with Crippen LogP contribution in [0.1, 0.15) is 30.0 Å². The Morgan fingerprint density at radius 1 is 1.19 bits per heavy atom. The lowest BCUT2D eigenvalue weighted by molar-refractivity contribution is -0.140. The molecule has 0 radical (unpaired) electrons. The fourth-order valence-electron chi connectivity index (χ4n) is 4.20. The first-order chi connectivity index (χ1) is 15.4. The number of aliphatic hydroxyl groups excluding tert-OH is 1. The molecule has 1 N–H and O–H groups in total. The molecule has 0 bridgehead atoms. The third-order valence-electron chi connectivity index (χ3n) is 5.80. The Labute approximate surface area is 194 Å². The van der Waals surface area contributed by atoms with Crippen molar-refractivity contribution in [3.63, 3.8) is 0 Å². The Morgan fingerprint density at radius 2 is 2.00 bits per heavy atom. The number of aliphatic hydroxyl groups is 1. The lowest BCUT2D eigenvalue weighted by atomic mass is 9.95. The predicted octanol–water partition coefficient (Wildman–Crippen LogP) is 4.07. The standard InChI is InChI=1S/C24H24BrNO6/c1-30-16-6-3-5-14(11-16)21-20(22(27)15-8-9-19(31-2)18(25)12-15)23(28)24(29)26(21)13-17-7-4-10-32-17/h3,5-6,8-9,11-12,17,21,27H,4,7,10,13H2,1-2H3/b22-20-. The molecule has 2 unspecified atom stereocenters. The number of nitrogens with zero attached hydrogens (tertiary/aromatic N) is 1. The molecule has 2 fully saturated rings. The first-order valence-electron chi connectivity index (χ1n) is 10.3. The summed E-state index contributed by atoms with van der Waals surface area (Å²) in [7, 11) is 3.09. The van der Waals surface area contributed by atoms with Crippen molar-refractivity contribution in [1.82, 2.24) is 4.90 Å². The van der Waals surface area contributed by atoms with Crippen LogP contribution in [0, 0.1) is 0 Å². The second-order valence-electron chi connectivity index (χ2n) is 7.71. The van der Waals surface area contributed by atoms with Crippen molar-refractivity contribution in [2.24, 2.45) is 0 Å². The van der Waals surface area contributed by atoms with Gasteiger partial charge in [-0.3, -0.25) is 9.59 Å². The van der Waals surface area contributed by atoms with E-state index in [1.807, 2.05) is 6.07 Å². The molecular weight excluding hydrogens is 478 g/mol. The summed E-state index contributed by atoms with van der Waals surface area (Å²) in [5.41, 5.74) is 1.12. The van der Waals surface area contributed by atoms with Crippen LogP contribution in [-0.4, -0.2) is 55.2 Å². The molecule has 2 heterocycles. The van der Waals surface area contributed by atoms with Crippen molar-refractivity contribution in [3.8, 4) is 11.5 Å². The first kappa shape index (κ1) is 22.4. The number of hydrogen-bond acceptors (Lipinski definition) is 6. The van der Waals surface area contributed by atoms with Crippen LogP contribution in [-0.2, 0) is 14.3 Å². The molecule has 7 nitrogen and oxygen atoms in total. The van der Waals surface area contributed by atoms with E-state index in [1.54, 1.807) is 50.6 Å². The number of ketones is 1. The Balaban J connectivity index is 1.84. The Hall–Kier alpha value is -2.84. The van der Waals surface area contributed by atoms with E-state index < -0.39 is 17.7 Å². The summed E-state index contributed by atoms with van der Waals surface area (Å²) in [5.74, 6) is -0.431. The topological polar surface area (TPSA) is 85.3 Å². The highest BCUT2D eigenvalue weighted by Crippen LogP contribution is 2.41. The van der Waals surface area contributed by atoms with Gasteiger partial charge in [0.2, 0.25) is 0 Å². The van der Waals surface area contributed by atoms with Crippen LogP contribution < -0.4 is 9.47 Å². The maximum absolute atomic E-state index is 13.1. The second kappa shape index (κ2) is 9.34. The molecule has 2 aliphatic rings. The number of carbonyl (C=O) groups is 2. The number of rotatable bonds is 6. The minimum atomic E-state index is -0.754. The van der Waals surface area contributed by atoms with Gasteiger partial charge in [0.05, 0.1) is 36.4 Å². The molecule has 2 aliphatic heterocycles. The van der Waals surface area contributed by atoms with Gasteiger partial charge in [0, 0.05) is 18.7 Å². The number of hydrogen-bond donors (Lipinski definition) is 1. The summed E-state index contributed by atoms with van der Waals surface area (Å²) < 4.78 is 16.9.